The van der Waals surface area contributed by atoms with E-state index in [1.165, 1.54) is 78.3 Å². The smallest absolute Gasteiger partial charge is 0.0560 e. The van der Waals surface area contributed by atoms with Crippen LogP contribution in [0.15, 0.2) is 285 Å². The highest BCUT2D eigenvalue weighted by Gasteiger charge is 2.21. The molecule has 0 saturated heterocycles. The lowest BCUT2D eigenvalue weighted by Gasteiger charge is -2.33. The fourth-order valence-corrected chi connectivity index (χ4v) is 9.72. The van der Waals surface area contributed by atoms with Gasteiger partial charge in [-0.1, -0.05) is 218 Å². The number of nitrogens with zero attached hydrogens (tertiary/aromatic N) is 2. The molecule has 2 unspecified atom stereocenters. The molecule has 0 fully saturated rings. The summed E-state index contributed by atoms with van der Waals surface area (Å²) >= 11 is 0. The molecule has 0 spiro atoms. The van der Waals surface area contributed by atoms with Crippen molar-refractivity contribution >= 4 is 28.3 Å². The van der Waals surface area contributed by atoms with E-state index < -0.39 is 0 Å². The molecule has 0 heterocycles. The lowest BCUT2D eigenvalue weighted by atomic mass is 9.91. The normalized spacial score (nSPS) is 15.3. The predicted octanol–water partition coefficient (Wildman–Crippen LogP) is 17.7. The molecule has 2 heteroatoms. The molecule has 2 atom stereocenters. The van der Waals surface area contributed by atoms with Crippen molar-refractivity contribution in [1.29, 1.82) is 0 Å². The number of benzene rings is 9. The minimum Gasteiger partial charge on any atom is -0.334 e. The van der Waals surface area contributed by atoms with Gasteiger partial charge in [0.1, 0.15) is 0 Å². The minimum absolute atomic E-state index is 0.218. The van der Waals surface area contributed by atoms with E-state index in [1.807, 2.05) is 0 Å². The van der Waals surface area contributed by atoms with E-state index in [-0.39, 0.29) is 6.04 Å². The Morgan fingerprint density at radius 1 is 0.309 bits per heavy atom. The quantitative estimate of drug-likeness (QED) is 0.121. The van der Waals surface area contributed by atoms with Crippen molar-refractivity contribution in [3.05, 3.63) is 296 Å². The van der Waals surface area contributed by atoms with Crippen LogP contribution in [0.25, 0.3) is 50.1 Å². The van der Waals surface area contributed by atoms with Crippen LogP contribution in [-0.2, 0) is 0 Å². The van der Waals surface area contributed by atoms with Gasteiger partial charge in [0.2, 0.25) is 0 Å². The summed E-state index contributed by atoms with van der Waals surface area (Å²) < 4.78 is 0. The Hall–Kier alpha value is -8.46. The van der Waals surface area contributed by atoms with Crippen LogP contribution in [0.1, 0.15) is 29.9 Å². The summed E-state index contributed by atoms with van der Waals surface area (Å²) in [5.74, 6) is 0.392. The summed E-state index contributed by atoms with van der Waals surface area (Å²) in [5, 5.41) is 0. The number of hydrogen-bond acceptors (Lipinski definition) is 2. The minimum atomic E-state index is 0.218. The van der Waals surface area contributed by atoms with Crippen molar-refractivity contribution in [2.24, 2.45) is 0 Å². The van der Waals surface area contributed by atoms with Gasteiger partial charge in [0.25, 0.3) is 0 Å². The van der Waals surface area contributed by atoms with Gasteiger partial charge in [0, 0.05) is 34.4 Å². The zero-order chi connectivity index (χ0) is 45.5. The average molecular weight is 873 g/mol. The average Bonchev–Trinajstić information content (AvgIpc) is 3.43. The first-order chi connectivity index (χ1) is 33.7. The molecule has 0 bridgehead atoms. The molecule has 0 radical (unpaired) electrons. The van der Waals surface area contributed by atoms with Crippen molar-refractivity contribution in [2.75, 3.05) is 9.80 Å². The Kier molecular flexibility index (Phi) is 12.1. The molecule has 0 aliphatic heterocycles. The van der Waals surface area contributed by atoms with E-state index in [4.69, 9.17) is 0 Å². The summed E-state index contributed by atoms with van der Waals surface area (Å²) in [6.07, 6.45) is 15.9. The van der Waals surface area contributed by atoms with E-state index in [0.717, 1.165) is 24.2 Å². The summed E-state index contributed by atoms with van der Waals surface area (Å²) in [6, 6.07) is 87.9. The highest BCUT2D eigenvalue weighted by atomic mass is 15.2. The molecule has 2 aliphatic carbocycles. The largest absolute Gasteiger partial charge is 0.334 e. The van der Waals surface area contributed by atoms with Crippen LogP contribution in [0.3, 0.4) is 0 Å². The van der Waals surface area contributed by atoms with E-state index >= 15 is 0 Å². The Labute approximate surface area is 401 Å². The third-order valence-corrected chi connectivity index (χ3v) is 13.4. The lowest BCUT2D eigenvalue weighted by Crippen LogP contribution is -2.30. The molecule has 0 N–H and O–H groups in total. The highest BCUT2D eigenvalue weighted by Crippen LogP contribution is 2.38. The second kappa shape index (κ2) is 19.6. The fourth-order valence-electron chi connectivity index (χ4n) is 9.72. The van der Waals surface area contributed by atoms with Crippen LogP contribution < -0.4 is 9.80 Å². The van der Waals surface area contributed by atoms with Crippen LogP contribution in [-0.4, -0.2) is 6.04 Å². The zero-order valence-electron chi connectivity index (χ0n) is 38.0. The van der Waals surface area contributed by atoms with Gasteiger partial charge in [-0.05, 0) is 135 Å². The molecular formula is C66H52N2. The first-order valence-corrected chi connectivity index (χ1v) is 23.8. The van der Waals surface area contributed by atoms with E-state index in [1.54, 1.807) is 0 Å². The first-order valence-electron chi connectivity index (χ1n) is 23.8. The van der Waals surface area contributed by atoms with Gasteiger partial charge >= 0.3 is 0 Å². The molecule has 0 saturated carbocycles. The van der Waals surface area contributed by atoms with Crippen molar-refractivity contribution in [3.8, 4) is 44.5 Å². The Morgan fingerprint density at radius 2 is 0.735 bits per heavy atom. The maximum atomic E-state index is 2.45. The highest BCUT2D eigenvalue weighted by molar-refractivity contribution is 5.80. The summed E-state index contributed by atoms with van der Waals surface area (Å²) in [6.45, 7) is 0. The number of rotatable bonds is 12. The molecule has 11 rings (SSSR count). The number of anilines is 4. The number of hydrogen-bond donors (Lipinski definition) is 0. The molecule has 0 amide bonds. The van der Waals surface area contributed by atoms with E-state index in [9.17, 15) is 0 Å². The van der Waals surface area contributed by atoms with Crippen LogP contribution in [0.2, 0.25) is 0 Å². The molecule has 0 aromatic heterocycles. The van der Waals surface area contributed by atoms with Crippen LogP contribution in [0.4, 0.5) is 22.7 Å². The van der Waals surface area contributed by atoms with Gasteiger partial charge in [-0.15, -0.1) is 0 Å². The summed E-state index contributed by atoms with van der Waals surface area (Å²) in [4.78, 5) is 4.81. The SMILES string of the molecule is C1=CC(N(c2ccccc2)c2ccc(-c3ccc(-c4cccc(-c5ccc(-c6ccc(N(C7=CCC(c8ccccc8)C=C7)c7ccccc7)cc6)cc5)c4)cc3)cc2)CC=C1c1ccccc1. The maximum absolute atomic E-state index is 2.45. The van der Waals surface area contributed by atoms with Crippen molar-refractivity contribution in [1.82, 2.24) is 0 Å². The van der Waals surface area contributed by atoms with Gasteiger partial charge in [-0.25, -0.2) is 0 Å². The predicted molar refractivity (Wildman–Crippen MR) is 288 cm³/mol. The molecule has 326 valence electrons. The van der Waals surface area contributed by atoms with Crippen molar-refractivity contribution in [3.63, 3.8) is 0 Å². The van der Waals surface area contributed by atoms with Gasteiger partial charge in [-0.2, -0.15) is 0 Å². The van der Waals surface area contributed by atoms with Crippen LogP contribution >= 0.6 is 0 Å². The second-order valence-corrected chi connectivity index (χ2v) is 17.6. The van der Waals surface area contributed by atoms with Crippen molar-refractivity contribution < 1.29 is 0 Å². The Morgan fingerprint density at radius 3 is 1.24 bits per heavy atom. The van der Waals surface area contributed by atoms with Gasteiger partial charge in [0.15, 0.2) is 0 Å². The van der Waals surface area contributed by atoms with E-state index in [2.05, 4.69) is 289 Å². The fraction of sp³-hybridized carbons (Fsp3) is 0.0606. The number of para-hydroxylation sites is 2. The molecule has 2 aliphatic rings. The third kappa shape index (κ3) is 9.18. The standard InChI is InChI=1S/C66H52N2/c1-5-14-49(15-6-1)53-32-40-63(41-33-53)67(61-20-9-3-10-21-61)65-44-36-55(37-45-65)51-24-28-57(29-25-51)59-18-13-19-60(48-59)58-30-26-52(27-31-58)56-38-46-66(47-39-56)68(62-22-11-4-12-23-62)64-42-34-54(35-43-64)50-16-7-2-8-17-50/h1-34,36-40,42-48,54,63H,35,41H2. The van der Waals surface area contributed by atoms with Gasteiger partial charge in [0.05, 0.1) is 6.04 Å². The summed E-state index contributed by atoms with van der Waals surface area (Å²) in [7, 11) is 0. The zero-order valence-corrected chi connectivity index (χ0v) is 38.0. The maximum Gasteiger partial charge on any atom is 0.0560 e. The number of allylic oxidation sites excluding steroid dienone is 5. The topological polar surface area (TPSA) is 6.48 Å². The molecule has 9 aromatic rings. The lowest BCUT2D eigenvalue weighted by molar-refractivity contribution is 0.787. The third-order valence-electron chi connectivity index (χ3n) is 13.4. The second-order valence-electron chi connectivity index (χ2n) is 17.6. The van der Waals surface area contributed by atoms with Crippen molar-refractivity contribution in [2.45, 2.75) is 24.8 Å². The molecule has 9 aromatic carbocycles. The summed E-state index contributed by atoms with van der Waals surface area (Å²) in [5.41, 5.74) is 19.3. The van der Waals surface area contributed by atoms with Gasteiger partial charge in [-0.3, -0.25) is 0 Å². The van der Waals surface area contributed by atoms with E-state index in [0.29, 0.717) is 5.92 Å². The Balaban J connectivity index is 0.769. The Bertz CT molecular complexity index is 3220. The molecule has 68 heavy (non-hydrogen) atoms. The monoisotopic (exact) mass is 872 g/mol. The van der Waals surface area contributed by atoms with Crippen LogP contribution in [0.5, 0.6) is 0 Å². The van der Waals surface area contributed by atoms with Crippen LogP contribution in [0, 0.1) is 0 Å². The van der Waals surface area contributed by atoms with Gasteiger partial charge < -0.3 is 9.80 Å². The first kappa shape index (κ1) is 42.2. The molecule has 2 nitrogen and oxygen atoms in total. The molecular weight excluding hydrogens is 821 g/mol.